The standard InChI is InChI=1S/C13H21NO/c1-10(15)11-7-13(9-14(11)2)8-12(13)5-3-4-6-12/h11H,3-9H2,1-2H3. The molecule has 0 aromatic rings. The number of likely N-dealkylation sites (tertiary alicyclic amines) is 1. The fourth-order valence-electron chi connectivity index (χ4n) is 4.51. The van der Waals surface area contributed by atoms with Gasteiger partial charge in [-0.25, -0.2) is 0 Å². The molecule has 0 radical (unpaired) electrons. The van der Waals surface area contributed by atoms with Crippen LogP contribution in [-0.4, -0.2) is 30.3 Å². The molecule has 3 rings (SSSR count). The summed E-state index contributed by atoms with van der Waals surface area (Å²) in [6.07, 6.45) is 8.29. The quantitative estimate of drug-likeness (QED) is 0.657. The minimum atomic E-state index is 0.227. The number of likely N-dealkylation sites (N-methyl/N-ethyl adjacent to an activating group) is 1. The second-order valence-corrected chi connectivity index (χ2v) is 6.19. The first-order chi connectivity index (χ1) is 7.09. The van der Waals surface area contributed by atoms with Crippen molar-refractivity contribution in [2.24, 2.45) is 10.8 Å². The zero-order valence-electron chi connectivity index (χ0n) is 9.88. The molecule has 2 unspecified atom stereocenters. The number of Topliss-reactive ketones (excluding diaryl/α,β-unsaturated/α-hetero) is 1. The number of carbonyl (C=O) groups excluding carboxylic acids is 1. The maximum Gasteiger partial charge on any atom is 0.146 e. The molecule has 3 fully saturated rings. The number of rotatable bonds is 1. The predicted molar refractivity (Wildman–Crippen MR) is 59.7 cm³/mol. The third-order valence-electron chi connectivity index (χ3n) is 5.37. The molecule has 2 heteroatoms. The zero-order valence-corrected chi connectivity index (χ0v) is 9.88. The normalized spacial score (nSPS) is 42.9. The summed E-state index contributed by atoms with van der Waals surface area (Å²) in [5, 5.41) is 0. The Bertz CT molecular complexity index is 306. The second kappa shape index (κ2) is 2.85. The summed E-state index contributed by atoms with van der Waals surface area (Å²) in [5.74, 6) is 0.370. The van der Waals surface area contributed by atoms with Gasteiger partial charge in [-0.3, -0.25) is 9.69 Å². The van der Waals surface area contributed by atoms with Crippen LogP contribution in [0.3, 0.4) is 0 Å². The van der Waals surface area contributed by atoms with Crippen molar-refractivity contribution in [2.45, 2.75) is 51.5 Å². The molecule has 2 spiro atoms. The molecule has 0 bridgehead atoms. The van der Waals surface area contributed by atoms with Gasteiger partial charge in [-0.15, -0.1) is 0 Å². The lowest BCUT2D eigenvalue weighted by Gasteiger charge is -2.16. The Kier molecular flexibility index (Phi) is 1.87. The number of ketones is 1. The summed E-state index contributed by atoms with van der Waals surface area (Å²) in [7, 11) is 2.13. The Hall–Kier alpha value is -0.370. The number of hydrogen-bond acceptors (Lipinski definition) is 2. The van der Waals surface area contributed by atoms with E-state index in [2.05, 4.69) is 11.9 Å². The van der Waals surface area contributed by atoms with Crippen LogP contribution >= 0.6 is 0 Å². The van der Waals surface area contributed by atoms with Crippen LogP contribution in [0.2, 0.25) is 0 Å². The second-order valence-electron chi connectivity index (χ2n) is 6.19. The van der Waals surface area contributed by atoms with E-state index in [0.29, 0.717) is 16.6 Å². The summed E-state index contributed by atoms with van der Waals surface area (Å²) >= 11 is 0. The molecule has 1 aliphatic heterocycles. The topological polar surface area (TPSA) is 20.3 Å². The van der Waals surface area contributed by atoms with E-state index in [1.807, 2.05) is 0 Å². The van der Waals surface area contributed by atoms with Gasteiger partial charge in [-0.2, -0.15) is 0 Å². The first-order valence-corrected chi connectivity index (χ1v) is 6.29. The van der Waals surface area contributed by atoms with Crippen LogP contribution in [-0.2, 0) is 4.79 Å². The van der Waals surface area contributed by atoms with Gasteiger partial charge in [0.1, 0.15) is 5.78 Å². The van der Waals surface area contributed by atoms with Crippen molar-refractivity contribution in [3.63, 3.8) is 0 Å². The molecule has 2 atom stereocenters. The number of carbonyl (C=O) groups is 1. The van der Waals surface area contributed by atoms with Crippen LogP contribution in [0.1, 0.15) is 45.4 Å². The van der Waals surface area contributed by atoms with E-state index in [4.69, 9.17) is 0 Å². The number of nitrogens with zero attached hydrogens (tertiary/aromatic N) is 1. The van der Waals surface area contributed by atoms with Crippen molar-refractivity contribution >= 4 is 5.78 Å². The summed E-state index contributed by atoms with van der Waals surface area (Å²) < 4.78 is 0. The van der Waals surface area contributed by atoms with Crippen molar-refractivity contribution in [1.29, 1.82) is 0 Å². The van der Waals surface area contributed by atoms with Gasteiger partial charge in [0.25, 0.3) is 0 Å². The lowest BCUT2D eigenvalue weighted by molar-refractivity contribution is -0.120. The Labute approximate surface area is 92.0 Å². The fraction of sp³-hybridized carbons (Fsp3) is 0.923. The zero-order chi connectivity index (χ0) is 10.7. The van der Waals surface area contributed by atoms with Gasteiger partial charge in [-0.1, -0.05) is 12.8 Å². The summed E-state index contributed by atoms with van der Waals surface area (Å²) in [5.41, 5.74) is 1.22. The molecule has 1 saturated heterocycles. The van der Waals surface area contributed by atoms with Crippen LogP contribution < -0.4 is 0 Å². The van der Waals surface area contributed by atoms with Gasteiger partial charge in [0, 0.05) is 6.54 Å². The van der Waals surface area contributed by atoms with E-state index in [1.165, 1.54) is 38.6 Å². The predicted octanol–water partition coefficient (Wildman–Crippen LogP) is 2.23. The highest BCUT2D eigenvalue weighted by atomic mass is 16.1. The Morgan fingerprint density at radius 2 is 1.93 bits per heavy atom. The summed E-state index contributed by atoms with van der Waals surface area (Å²) in [6, 6.07) is 0.227. The monoisotopic (exact) mass is 207 g/mol. The minimum Gasteiger partial charge on any atom is -0.298 e. The van der Waals surface area contributed by atoms with E-state index < -0.39 is 0 Å². The van der Waals surface area contributed by atoms with Crippen molar-refractivity contribution in [3.05, 3.63) is 0 Å². The Balaban J connectivity index is 1.79. The van der Waals surface area contributed by atoms with E-state index >= 15 is 0 Å². The highest BCUT2D eigenvalue weighted by molar-refractivity contribution is 5.82. The van der Waals surface area contributed by atoms with Gasteiger partial charge in [-0.05, 0) is 50.5 Å². The van der Waals surface area contributed by atoms with Gasteiger partial charge >= 0.3 is 0 Å². The van der Waals surface area contributed by atoms with E-state index in [0.717, 1.165) is 6.42 Å². The van der Waals surface area contributed by atoms with Crippen LogP contribution in [0.4, 0.5) is 0 Å². The minimum absolute atomic E-state index is 0.227. The maximum atomic E-state index is 11.5. The van der Waals surface area contributed by atoms with E-state index in [-0.39, 0.29) is 6.04 Å². The van der Waals surface area contributed by atoms with Crippen LogP contribution in [0, 0.1) is 10.8 Å². The molecule has 2 saturated carbocycles. The van der Waals surface area contributed by atoms with Crippen LogP contribution in [0.5, 0.6) is 0 Å². The fourth-order valence-corrected chi connectivity index (χ4v) is 4.51. The van der Waals surface area contributed by atoms with Gasteiger partial charge in [0.05, 0.1) is 6.04 Å². The SMILES string of the molecule is CC(=O)C1CC2(CN1C)CC21CCCC1. The molecule has 0 N–H and O–H groups in total. The molecule has 3 aliphatic rings. The molecular weight excluding hydrogens is 186 g/mol. The average Bonchev–Trinajstić information content (AvgIpc) is 2.53. The van der Waals surface area contributed by atoms with Crippen molar-refractivity contribution in [3.8, 4) is 0 Å². The Morgan fingerprint density at radius 1 is 1.27 bits per heavy atom. The molecule has 2 aliphatic carbocycles. The van der Waals surface area contributed by atoms with Crippen LogP contribution in [0.25, 0.3) is 0 Å². The van der Waals surface area contributed by atoms with Crippen molar-refractivity contribution < 1.29 is 4.79 Å². The smallest absolute Gasteiger partial charge is 0.146 e. The lowest BCUT2D eigenvalue weighted by Crippen LogP contribution is -2.30. The van der Waals surface area contributed by atoms with E-state index in [9.17, 15) is 4.79 Å². The molecular formula is C13H21NO. The third kappa shape index (κ3) is 1.17. The highest BCUT2D eigenvalue weighted by Crippen LogP contribution is 2.75. The van der Waals surface area contributed by atoms with Gasteiger partial charge in [0.15, 0.2) is 0 Å². The highest BCUT2D eigenvalue weighted by Gasteiger charge is 2.70. The molecule has 0 aromatic carbocycles. The first kappa shape index (κ1) is 9.83. The molecule has 0 aromatic heterocycles. The van der Waals surface area contributed by atoms with E-state index in [1.54, 1.807) is 6.92 Å². The molecule has 84 valence electrons. The largest absolute Gasteiger partial charge is 0.298 e. The number of hydrogen-bond donors (Lipinski definition) is 0. The summed E-state index contributed by atoms with van der Waals surface area (Å²) in [4.78, 5) is 13.8. The van der Waals surface area contributed by atoms with Gasteiger partial charge in [0.2, 0.25) is 0 Å². The first-order valence-electron chi connectivity index (χ1n) is 6.29. The number of fused-ring (bicyclic) bond motifs is 1. The third-order valence-corrected chi connectivity index (χ3v) is 5.37. The average molecular weight is 207 g/mol. The molecule has 2 nitrogen and oxygen atoms in total. The van der Waals surface area contributed by atoms with Crippen molar-refractivity contribution in [1.82, 2.24) is 4.90 Å². The Morgan fingerprint density at radius 3 is 2.47 bits per heavy atom. The summed E-state index contributed by atoms with van der Waals surface area (Å²) in [6.45, 7) is 2.93. The van der Waals surface area contributed by atoms with Crippen LogP contribution in [0.15, 0.2) is 0 Å². The van der Waals surface area contributed by atoms with Gasteiger partial charge < -0.3 is 0 Å². The molecule has 15 heavy (non-hydrogen) atoms. The maximum absolute atomic E-state index is 11.5. The van der Waals surface area contributed by atoms with Crippen molar-refractivity contribution in [2.75, 3.05) is 13.6 Å². The lowest BCUT2D eigenvalue weighted by atomic mass is 9.88. The molecule has 1 heterocycles. The molecule has 0 amide bonds.